The molecule has 0 amide bonds. The number of alkyl halides is 3. The Labute approximate surface area is 150 Å². The maximum atomic E-state index is 13.7. The summed E-state index contributed by atoms with van der Waals surface area (Å²) in [7, 11) is -3.69. The second-order valence-corrected chi connectivity index (χ2v) is 7.57. The summed E-state index contributed by atoms with van der Waals surface area (Å²) in [5.74, 6) is -2.23. The molecule has 6 nitrogen and oxygen atoms in total. The molecule has 11 heteroatoms. The number of aliphatic hydroxyl groups excluding tert-OH is 1. The van der Waals surface area contributed by atoms with Crippen LogP contribution in [0.25, 0.3) is 0 Å². The molecule has 27 heavy (non-hydrogen) atoms. The zero-order valence-corrected chi connectivity index (χ0v) is 14.3. The van der Waals surface area contributed by atoms with Gasteiger partial charge in [-0.1, -0.05) is 0 Å². The largest absolute Gasteiger partial charge is 0.457 e. The summed E-state index contributed by atoms with van der Waals surface area (Å²) >= 11 is 0. The summed E-state index contributed by atoms with van der Waals surface area (Å²) in [5.41, 5.74) is -2.26. The third-order valence-electron chi connectivity index (χ3n) is 3.92. The van der Waals surface area contributed by atoms with Gasteiger partial charge in [0.25, 0.3) is 0 Å². The van der Waals surface area contributed by atoms with E-state index in [2.05, 4.69) is 0 Å². The topological polar surface area (TPSA) is 90.6 Å². The average Bonchev–Trinajstić information content (AvgIpc) is 2.74. The van der Waals surface area contributed by atoms with Gasteiger partial charge in [0.2, 0.25) is 10.0 Å². The molecule has 0 radical (unpaired) electrons. The van der Waals surface area contributed by atoms with E-state index in [9.17, 15) is 31.1 Å². The number of hydrogen-bond donors (Lipinski definition) is 1. The summed E-state index contributed by atoms with van der Waals surface area (Å²) in [6, 6.07) is 6.06. The van der Waals surface area contributed by atoms with Gasteiger partial charge in [0.05, 0.1) is 11.6 Å². The Morgan fingerprint density at radius 1 is 1.26 bits per heavy atom. The minimum Gasteiger partial charge on any atom is -0.457 e. The van der Waals surface area contributed by atoms with Gasteiger partial charge in [0.1, 0.15) is 34.0 Å². The third-order valence-corrected chi connectivity index (χ3v) is 5.83. The molecular weight excluding hydrogens is 392 g/mol. The molecule has 1 atom stereocenters. The molecule has 0 bridgehead atoms. The van der Waals surface area contributed by atoms with E-state index >= 15 is 0 Å². The fourth-order valence-corrected chi connectivity index (χ4v) is 4.31. The minimum atomic E-state index is -5.15. The number of aliphatic hydroxyl groups is 1. The SMILES string of the molecule is CN1C(O)c2ccc(Oc3cc(F)cc(C#N)c3)c(C(F)(F)F)c2S1(=O)=O. The number of halogens is 4. The van der Waals surface area contributed by atoms with Gasteiger partial charge in [0.15, 0.2) is 0 Å². The van der Waals surface area contributed by atoms with Crippen LogP contribution in [0.5, 0.6) is 11.5 Å². The van der Waals surface area contributed by atoms with Gasteiger partial charge in [-0.15, -0.1) is 0 Å². The lowest BCUT2D eigenvalue weighted by molar-refractivity contribution is -0.141. The highest BCUT2D eigenvalue weighted by molar-refractivity contribution is 7.89. The highest BCUT2D eigenvalue weighted by atomic mass is 32.2. The molecule has 2 aromatic rings. The standard InChI is InChI=1S/C16H10F4N2O4S/c1-22-15(23)11-2-3-12(13(16(18,19)20)14(11)27(22,24)25)26-10-5-8(7-21)4-9(17)6-10/h2-6,15,23H,1H3. The highest BCUT2D eigenvalue weighted by Crippen LogP contribution is 2.49. The van der Waals surface area contributed by atoms with Gasteiger partial charge in [-0.3, -0.25) is 0 Å². The first-order chi connectivity index (χ1) is 12.5. The molecule has 1 unspecified atom stereocenters. The van der Waals surface area contributed by atoms with Crippen LogP contribution in [-0.4, -0.2) is 24.9 Å². The van der Waals surface area contributed by atoms with E-state index in [4.69, 9.17) is 10.00 Å². The van der Waals surface area contributed by atoms with E-state index in [1.165, 1.54) is 0 Å². The van der Waals surface area contributed by atoms with Crippen molar-refractivity contribution in [3.8, 4) is 17.6 Å². The number of nitrogens with zero attached hydrogens (tertiary/aromatic N) is 2. The summed E-state index contributed by atoms with van der Waals surface area (Å²) in [5, 5.41) is 18.7. The van der Waals surface area contributed by atoms with Crippen molar-refractivity contribution in [1.82, 2.24) is 4.31 Å². The molecular formula is C16H10F4N2O4S. The van der Waals surface area contributed by atoms with E-state index < -0.39 is 55.8 Å². The molecule has 0 aromatic heterocycles. The number of ether oxygens (including phenoxy) is 1. The smallest absolute Gasteiger partial charge is 0.421 e. The molecule has 142 valence electrons. The molecule has 1 aliphatic rings. The van der Waals surface area contributed by atoms with E-state index in [0.29, 0.717) is 4.31 Å². The Morgan fingerprint density at radius 2 is 1.93 bits per heavy atom. The third kappa shape index (κ3) is 3.12. The normalized spacial score (nSPS) is 18.8. The summed E-state index contributed by atoms with van der Waals surface area (Å²) < 4.78 is 84.6. The Bertz CT molecular complexity index is 1080. The van der Waals surface area contributed by atoms with Crippen LogP contribution in [0.15, 0.2) is 35.2 Å². The maximum Gasteiger partial charge on any atom is 0.421 e. The van der Waals surface area contributed by atoms with E-state index in [1.807, 2.05) is 0 Å². The van der Waals surface area contributed by atoms with Crippen LogP contribution in [0, 0.1) is 17.1 Å². The quantitative estimate of drug-likeness (QED) is 0.780. The molecule has 0 saturated carbocycles. The Morgan fingerprint density at radius 3 is 2.52 bits per heavy atom. The van der Waals surface area contributed by atoms with E-state index in [1.54, 1.807) is 6.07 Å². The van der Waals surface area contributed by atoms with Crippen LogP contribution >= 0.6 is 0 Å². The van der Waals surface area contributed by atoms with Crippen LogP contribution in [0.1, 0.15) is 22.9 Å². The molecule has 0 fully saturated rings. The van der Waals surface area contributed by atoms with Gasteiger partial charge in [-0.2, -0.15) is 22.7 Å². The summed E-state index contributed by atoms with van der Waals surface area (Å²) in [4.78, 5) is -1.13. The number of benzene rings is 2. The zero-order valence-electron chi connectivity index (χ0n) is 13.5. The molecule has 0 aliphatic carbocycles. The summed E-state index contributed by atoms with van der Waals surface area (Å²) in [6.45, 7) is 0. The molecule has 3 rings (SSSR count). The number of fused-ring (bicyclic) bond motifs is 1. The summed E-state index contributed by atoms with van der Waals surface area (Å²) in [6.07, 6.45) is -6.93. The van der Waals surface area contributed by atoms with Crippen LogP contribution in [0.4, 0.5) is 17.6 Å². The van der Waals surface area contributed by atoms with Gasteiger partial charge >= 0.3 is 6.18 Å². The van der Waals surface area contributed by atoms with Crippen molar-refractivity contribution in [3.63, 3.8) is 0 Å². The predicted octanol–water partition coefficient (Wildman–Crippen LogP) is 3.13. The van der Waals surface area contributed by atoms with Crippen molar-refractivity contribution in [1.29, 1.82) is 5.26 Å². The number of sulfonamides is 1. The van der Waals surface area contributed by atoms with Gasteiger partial charge in [-0.05, 0) is 24.3 Å². The van der Waals surface area contributed by atoms with Crippen molar-refractivity contribution in [2.45, 2.75) is 17.3 Å². The van der Waals surface area contributed by atoms with Crippen molar-refractivity contribution < 1.29 is 35.8 Å². The number of nitriles is 1. The lowest BCUT2D eigenvalue weighted by Crippen LogP contribution is -2.24. The number of hydrogen-bond acceptors (Lipinski definition) is 5. The molecule has 0 saturated heterocycles. The maximum absolute atomic E-state index is 13.7. The second-order valence-electron chi connectivity index (χ2n) is 5.64. The van der Waals surface area contributed by atoms with Gasteiger partial charge in [0, 0.05) is 18.7 Å². The van der Waals surface area contributed by atoms with E-state index in [0.717, 1.165) is 37.4 Å². The average molecular weight is 402 g/mol. The Balaban J connectivity index is 2.24. The second kappa shape index (κ2) is 6.19. The molecule has 1 aliphatic heterocycles. The van der Waals surface area contributed by atoms with Crippen molar-refractivity contribution in [2.24, 2.45) is 0 Å². The van der Waals surface area contributed by atoms with Crippen molar-refractivity contribution in [3.05, 3.63) is 52.8 Å². The van der Waals surface area contributed by atoms with Gasteiger partial charge < -0.3 is 9.84 Å². The first kappa shape index (κ1) is 19.1. The minimum absolute atomic E-state index is 0.192. The monoisotopic (exact) mass is 402 g/mol. The lowest BCUT2D eigenvalue weighted by atomic mass is 10.1. The van der Waals surface area contributed by atoms with Crippen molar-refractivity contribution in [2.75, 3.05) is 7.05 Å². The van der Waals surface area contributed by atoms with Gasteiger partial charge in [-0.25, -0.2) is 12.8 Å². The van der Waals surface area contributed by atoms with Crippen LogP contribution in [0.3, 0.4) is 0 Å². The fourth-order valence-electron chi connectivity index (χ4n) is 2.70. The number of rotatable bonds is 2. The first-order valence-electron chi connectivity index (χ1n) is 7.25. The molecule has 1 heterocycles. The molecule has 2 aromatic carbocycles. The Hall–Kier alpha value is -2.68. The fraction of sp³-hybridized carbons (Fsp3) is 0.188. The lowest BCUT2D eigenvalue weighted by Gasteiger charge is -2.17. The van der Waals surface area contributed by atoms with Crippen LogP contribution in [-0.2, 0) is 16.2 Å². The van der Waals surface area contributed by atoms with Crippen molar-refractivity contribution >= 4 is 10.0 Å². The first-order valence-corrected chi connectivity index (χ1v) is 8.69. The van der Waals surface area contributed by atoms with Crippen LogP contribution in [0.2, 0.25) is 0 Å². The van der Waals surface area contributed by atoms with Crippen LogP contribution < -0.4 is 4.74 Å². The molecule has 0 spiro atoms. The Kier molecular flexibility index (Phi) is 4.38. The highest BCUT2D eigenvalue weighted by Gasteiger charge is 2.49. The van der Waals surface area contributed by atoms with E-state index in [-0.39, 0.29) is 5.56 Å². The molecule has 1 N–H and O–H groups in total. The predicted molar refractivity (Wildman–Crippen MR) is 82.5 cm³/mol. The zero-order chi connectivity index (χ0) is 20.1.